The maximum atomic E-state index is 11.7. The van der Waals surface area contributed by atoms with Crippen molar-refractivity contribution in [3.8, 4) is 5.75 Å². The molecule has 1 heterocycles. The van der Waals surface area contributed by atoms with Gasteiger partial charge in [-0.05, 0) is 34.5 Å². The molecule has 2 rings (SSSR count). The summed E-state index contributed by atoms with van der Waals surface area (Å²) in [7, 11) is 1.67. The van der Waals surface area contributed by atoms with Gasteiger partial charge in [0.2, 0.25) is 0 Å². The minimum Gasteiger partial charge on any atom is -0.492 e. The standard InChI is InChI=1S/C13H15BrO4S/c1-16-4-2-5-18-19-13-8-12-9(7-10(13)14)11(15)3-6-17-12/h7-8H,2-6H2,1H3. The zero-order chi connectivity index (χ0) is 13.7. The van der Waals surface area contributed by atoms with Gasteiger partial charge in [-0.25, -0.2) is 0 Å². The Balaban J connectivity index is 1.99. The van der Waals surface area contributed by atoms with Crippen molar-refractivity contribution in [3.05, 3.63) is 22.2 Å². The SMILES string of the molecule is COCCCOSc1cc2c(cc1Br)C(=O)CCO2. The van der Waals surface area contributed by atoms with Gasteiger partial charge in [-0.3, -0.25) is 4.79 Å². The Morgan fingerprint density at radius 1 is 1.42 bits per heavy atom. The molecule has 0 fully saturated rings. The molecule has 0 saturated carbocycles. The fourth-order valence-electron chi connectivity index (χ4n) is 1.69. The Morgan fingerprint density at radius 2 is 2.26 bits per heavy atom. The summed E-state index contributed by atoms with van der Waals surface area (Å²) in [6.45, 7) is 1.75. The molecule has 1 aromatic rings. The van der Waals surface area contributed by atoms with Crippen LogP contribution >= 0.6 is 28.0 Å². The van der Waals surface area contributed by atoms with Crippen LogP contribution < -0.4 is 4.74 Å². The summed E-state index contributed by atoms with van der Waals surface area (Å²) in [6, 6.07) is 3.65. The summed E-state index contributed by atoms with van der Waals surface area (Å²) in [4.78, 5) is 12.6. The maximum absolute atomic E-state index is 11.7. The average Bonchev–Trinajstić information content (AvgIpc) is 2.40. The van der Waals surface area contributed by atoms with Crippen molar-refractivity contribution in [2.75, 3.05) is 26.9 Å². The minimum atomic E-state index is 0.125. The summed E-state index contributed by atoms with van der Waals surface area (Å²) >= 11 is 4.73. The molecule has 0 unspecified atom stereocenters. The molecule has 19 heavy (non-hydrogen) atoms. The lowest BCUT2D eigenvalue weighted by Crippen LogP contribution is -2.15. The van der Waals surface area contributed by atoms with Gasteiger partial charge in [0.25, 0.3) is 0 Å². The zero-order valence-corrected chi connectivity index (χ0v) is 13.0. The lowest BCUT2D eigenvalue weighted by molar-refractivity contribution is 0.0933. The Kier molecular flexibility index (Phi) is 5.69. The first kappa shape index (κ1) is 14.8. The van der Waals surface area contributed by atoms with E-state index in [0.717, 1.165) is 15.8 Å². The molecule has 0 amide bonds. The van der Waals surface area contributed by atoms with E-state index in [9.17, 15) is 4.79 Å². The summed E-state index contributed by atoms with van der Waals surface area (Å²) < 4.78 is 16.8. The van der Waals surface area contributed by atoms with Crippen molar-refractivity contribution in [2.24, 2.45) is 0 Å². The highest BCUT2D eigenvalue weighted by Gasteiger charge is 2.20. The topological polar surface area (TPSA) is 44.8 Å². The number of halogens is 1. The van der Waals surface area contributed by atoms with Crippen LogP contribution in [0.3, 0.4) is 0 Å². The number of rotatable bonds is 6. The van der Waals surface area contributed by atoms with Gasteiger partial charge in [-0.2, -0.15) is 0 Å². The summed E-state index contributed by atoms with van der Waals surface area (Å²) in [5.74, 6) is 0.766. The fraction of sp³-hybridized carbons (Fsp3) is 0.462. The molecule has 104 valence electrons. The van der Waals surface area contributed by atoms with Crippen LogP contribution in [0.4, 0.5) is 0 Å². The molecule has 1 aliphatic heterocycles. The highest BCUT2D eigenvalue weighted by Crippen LogP contribution is 2.36. The molecule has 0 bridgehead atoms. The number of benzene rings is 1. The molecule has 0 saturated heterocycles. The highest BCUT2D eigenvalue weighted by molar-refractivity contribution is 9.10. The van der Waals surface area contributed by atoms with E-state index in [0.29, 0.717) is 37.6 Å². The summed E-state index contributed by atoms with van der Waals surface area (Å²) in [6.07, 6.45) is 1.29. The third-order valence-electron chi connectivity index (χ3n) is 2.65. The highest BCUT2D eigenvalue weighted by atomic mass is 79.9. The van der Waals surface area contributed by atoms with Gasteiger partial charge in [0.05, 0.1) is 23.7 Å². The molecule has 0 aliphatic carbocycles. The largest absolute Gasteiger partial charge is 0.492 e. The van der Waals surface area contributed by atoms with Gasteiger partial charge >= 0.3 is 0 Å². The second-order valence-corrected chi connectivity index (χ2v) is 5.75. The van der Waals surface area contributed by atoms with Crippen molar-refractivity contribution in [1.82, 2.24) is 0 Å². The van der Waals surface area contributed by atoms with Crippen LogP contribution in [-0.2, 0) is 8.92 Å². The van der Waals surface area contributed by atoms with Crippen LogP contribution in [0.1, 0.15) is 23.2 Å². The molecule has 0 radical (unpaired) electrons. The number of methoxy groups -OCH3 is 1. The molecule has 0 atom stereocenters. The number of carbonyl (C=O) groups is 1. The van der Waals surface area contributed by atoms with Crippen molar-refractivity contribution >= 4 is 33.8 Å². The first-order valence-corrected chi connectivity index (χ1v) is 7.54. The number of Topliss-reactive ketones (excluding diaryl/α,β-unsaturated/α-hetero) is 1. The van der Waals surface area contributed by atoms with Crippen LogP contribution in [0.2, 0.25) is 0 Å². The van der Waals surface area contributed by atoms with Crippen LogP contribution in [0.25, 0.3) is 0 Å². The minimum absolute atomic E-state index is 0.125. The Bertz CT molecular complexity index is 464. The van der Waals surface area contributed by atoms with Crippen molar-refractivity contribution in [3.63, 3.8) is 0 Å². The van der Waals surface area contributed by atoms with E-state index < -0.39 is 0 Å². The number of fused-ring (bicyclic) bond motifs is 1. The number of carbonyl (C=O) groups excluding carboxylic acids is 1. The number of ether oxygens (including phenoxy) is 2. The van der Waals surface area contributed by atoms with E-state index in [1.807, 2.05) is 6.07 Å². The molecule has 0 N–H and O–H groups in total. The van der Waals surface area contributed by atoms with Crippen molar-refractivity contribution < 1.29 is 18.5 Å². The predicted molar refractivity (Wildman–Crippen MR) is 76.9 cm³/mol. The second-order valence-electron chi connectivity index (χ2n) is 4.05. The van der Waals surface area contributed by atoms with Crippen LogP contribution in [0, 0.1) is 0 Å². The number of hydrogen-bond acceptors (Lipinski definition) is 5. The van der Waals surface area contributed by atoms with Gasteiger partial charge in [0, 0.05) is 36.7 Å². The van der Waals surface area contributed by atoms with Crippen LogP contribution in [-0.4, -0.2) is 32.7 Å². The Hall–Kier alpha value is -0.560. The second kappa shape index (κ2) is 7.28. The molecule has 0 spiro atoms. The molecule has 1 aromatic carbocycles. The molecular formula is C13H15BrO4S. The average molecular weight is 347 g/mol. The summed E-state index contributed by atoms with van der Waals surface area (Å²) in [5, 5.41) is 0. The van der Waals surface area contributed by atoms with Gasteiger partial charge in [0.15, 0.2) is 5.78 Å². The van der Waals surface area contributed by atoms with Gasteiger partial charge in [-0.1, -0.05) is 0 Å². The van der Waals surface area contributed by atoms with E-state index in [2.05, 4.69) is 15.9 Å². The maximum Gasteiger partial charge on any atom is 0.170 e. The fourth-order valence-corrected chi connectivity index (χ4v) is 2.86. The molecule has 0 aromatic heterocycles. The Labute approximate surface area is 125 Å². The molecule has 1 aliphatic rings. The van der Waals surface area contributed by atoms with E-state index in [-0.39, 0.29) is 5.78 Å². The van der Waals surface area contributed by atoms with Gasteiger partial charge in [-0.15, -0.1) is 0 Å². The van der Waals surface area contributed by atoms with E-state index in [4.69, 9.17) is 13.7 Å². The molecule has 6 heteroatoms. The normalized spacial score (nSPS) is 14.1. The van der Waals surface area contributed by atoms with Crippen molar-refractivity contribution in [2.45, 2.75) is 17.7 Å². The Morgan fingerprint density at radius 3 is 3.05 bits per heavy atom. The number of hydrogen-bond donors (Lipinski definition) is 0. The first-order chi connectivity index (χ1) is 9.22. The quantitative estimate of drug-likeness (QED) is 0.582. The third kappa shape index (κ3) is 3.95. The van der Waals surface area contributed by atoms with E-state index >= 15 is 0 Å². The van der Waals surface area contributed by atoms with Crippen LogP contribution in [0.15, 0.2) is 21.5 Å². The third-order valence-corrected chi connectivity index (χ3v) is 4.37. The molecular weight excluding hydrogens is 332 g/mol. The number of ketones is 1. The predicted octanol–water partition coefficient (Wildman–Crippen LogP) is 3.47. The molecule has 4 nitrogen and oxygen atoms in total. The van der Waals surface area contributed by atoms with E-state index in [1.54, 1.807) is 13.2 Å². The van der Waals surface area contributed by atoms with Crippen molar-refractivity contribution in [1.29, 1.82) is 0 Å². The van der Waals surface area contributed by atoms with Crippen LogP contribution in [0.5, 0.6) is 5.75 Å². The smallest absolute Gasteiger partial charge is 0.170 e. The first-order valence-electron chi connectivity index (χ1n) is 6.00. The van der Waals surface area contributed by atoms with E-state index in [1.165, 1.54) is 12.0 Å². The monoisotopic (exact) mass is 346 g/mol. The van der Waals surface area contributed by atoms with Gasteiger partial charge in [0.1, 0.15) is 5.75 Å². The lowest BCUT2D eigenvalue weighted by atomic mass is 10.1. The van der Waals surface area contributed by atoms with Gasteiger partial charge < -0.3 is 13.7 Å². The zero-order valence-electron chi connectivity index (χ0n) is 10.6. The summed E-state index contributed by atoms with van der Waals surface area (Å²) in [5.41, 5.74) is 0.641. The lowest BCUT2D eigenvalue weighted by Gasteiger charge is -2.17.